The van der Waals surface area contributed by atoms with Gasteiger partial charge in [-0.2, -0.15) is 5.26 Å². The number of nitriles is 1. The zero-order valence-electron chi connectivity index (χ0n) is 16.2. The van der Waals surface area contributed by atoms with Crippen LogP contribution >= 0.6 is 0 Å². The summed E-state index contributed by atoms with van der Waals surface area (Å²) < 4.78 is 0. The van der Waals surface area contributed by atoms with E-state index in [2.05, 4.69) is 46.5 Å². The standard InChI is InChI=1S/C21H24N6O/c1-14-5-3-4-6-16(14)17-11-18(17)25-21(28)27-10-9-26(13-15(27)2)20-19(12-22)23-7-8-24-20/h3-8,15,17-18H,9-11,13H2,1-2H3,(H,25,28)/t15-,17+,18-/m1/s1. The van der Waals surface area contributed by atoms with Crippen LogP contribution in [0.15, 0.2) is 36.7 Å². The first-order valence-electron chi connectivity index (χ1n) is 9.67. The van der Waals surface area contributed by atoms with Crippen molar-refractivity contribution in [2.24, 2.45) is 0 Å². The van der Waals surface area contributed by atoms with Crippen molar-refractivity contribution in [2.45, 2.75) is 38.3 Å². The van der Waals surface area contributed by atoms with E-state index in [0.29, 0.717) is 37.1 Å². The predicted octanol–water partition coefficient (Wildman–Crippen LogP) is 2.43. The lowest BCUT2D eigenvalue weighted by atomic mass is 10.0. The van der Waals surface area contributed by atoms with Crippen LogP contribution in [0.5, 0.6) is 0 Å². The molecular weight excluding hydrogens is 352 g/mol. The number of urea groups is 1. The van der Waals surface area contributed by atoms with Crippen molar-refractivity contribution in [3.8, 4) is 6.07 Å². The number of aromatic nitrogens is 2. The normalized spacial score (nSPS) is 23.8. The summed E-state index contributed by atoms with van der Waals surface area (Å²) in [7, 11) is 0. The zero-order valence-corrected chi connectivity index (χ0v) is 16.2. The molecule has 2 aliphatic rings. The Morgan fingerprint density at radius 2 is 2.04 bits per heavy atom. The number of piperazine rings is 1. The van der Waals surface area contributed by atoms with Gasteiger partial charge in [0.1, 0.15) is 6.07 Å². The Hall–Kier alpha value is -3.14. The molecule has 0 radical (unpaired) electrons. The molecule has 3 atom stereocenters. The summed E-state index contributed by atoms with van der Waals surface area (Å²) in [6, 6.07) is 10.7. The summed E-state index contributed by atoms with van der Waals surface area (Å²) in [6.07, 6.45) is 4.12. The topological polar surface area (TPSA) is 85.2 Å². The maximum absolute atomic E-state index is 12.8. The number of nitrogens with zero attached hydrogens (tertiary/aromatic N) is 5. The van der Waals surface area contributed by atoms with Crippen molar-refractivity contribution in [1.29, 1.82) is 5.26 Å². The quantitative estimate of drug-likeness (QED) is 0.889. The van der Waals surface area contributed by atoms with Crippen LogP contribution in [0.4, 0.5) is 10.6 Å². The molecule has 2 amide bonds. The molecule has 144 valence electrons. The van der Waals surface area contributed by atoms with Gasteiger partial charge in [-0.25, -0.2) is 14.8 Å². The van der Waals surface area contributed by atoms with Crippen LogP contribution in [0.25, 0.3) is 0 Å². The Bertz CT molecular complexity index is 923. The van der Waals surface area contributed by atoms with Crippen LogP contribution in [0.1, 0.15) is 36.1 Å². The van der Waals surface area contributed by atoms with Crippen molar-refractivity contribution < 1.29 is 4.79 Å². The summed E-state index contributed by atoms with van der Waals surface area (Å²) >= 11 is 0. The van der Waals surface area contributed by atoms with E-state index in [0.717, 1.165) is 6.42 Å². The van der Waals surface area contributed by atoms with Gasteiger partial charge in [0.25, 0.3) is 0 Å². The third kappa shape index (κ3) is 3.50. The number of carbonyl (C=O) groups excluding carboxylic acids is 1. The largest absolute Gasteiger partial charge is 0.350 e. The van der Waals surface area contributed by atoms with Crippen molar-refractivity contribution in [3.05, 3.63) is 53.5 Å². The van der Waals surface area contributed by atoms with Crippen LogP contribution in [0.3, 0.4) is 0 Å². The number of anilines is 1. The van der Waals surface area contributed by atoms with Gasteiger partial charge < -0.3 is 15.1 Å². The van der Waals surface area contributed by atoms with Crippen LogP contribution < -0.4 is 10.2 Å². The Morgan fingerprint density at radius 3 is 2.79 bits per heavy atom. The molecule has 2 aromatic rings. The predicted molar refractivity (Wildman–Crippen MR) is 106 cm³/mol. The minimum Gasteiger partial charge on any atom is -0.350 e. The van der Waals surface area contributed by atoms with E-state index < -0.39 is 0 Å². The number of hydrogen-bond donors (Lipinski definition) is 1. The summed E-state index contributed by atoms with van der Waals surface area (Å²) in [4.78, 5) is 25.1. The molecule has 1 N–H and O–H groups in total. The van der Waals surface area contributed by atoms with Gasteiger partial charge in [-0.05, 0) is 31.4 Å². The molecule has 0 unspecified atom stereocenters. The number of amides is 2. The zero-order chi connectivity index (χ0) is 19.7. The van der Waals surface area contributed by atoms with Crippen molar-refractivity contribution in [3.63, 3.8) is 0 Å². The molecule has 1 aromatic carbocycles. The first-order valence-corrected chi connectivity index (χ1v) is 9.67. The smallest absolute Gasteiger partial charge is 0.317 e. The van der Waals surface area contributed by atoms with Gasteiger partial charge in [0.05, 0.1) is 0 Å². The van der Waals surface area contributed by atoms with Gasteiger partial charge in [-0.3, -0.25) is 0 Å². The molecular formula is C21H24N6O. The average molecular weight is 376 g/mol. The highest BCUT2D eigenvalue weighted by Crippen LogP contribution is 2.42. The van der Waals surface area contributed by atoms with Crippen LogP contribution in [0, 0.1) is 18.3 Å². The first-order chi connectivity index (χ1) is 13.6. The van der Waals surface area contributed by atoms with Gasteiger partial charge in [-0.1, -0.05) is 24.3 Å². The van der Waals surface area contributed by atoms with Gasteiger partial charge in [-0.15, -0.1) is 0 Å². The first kappa shape index (κ1) is 18.2. The summed E-state index contributed by atoms with van der Waals surface area (Å²) in [6.45, 7) is 6.01. The number of carbonyl (C=O) groups is 1. The molecule has 28 heavy (non-hydrogen) atoms. The molecule has 2 heterocycles. The lowest BCUT2D eigenvalue weighted by Crippen LogP contribution is -2.57. The molecule has 2 fully saturated rings. The molecule has 1 saturated carbocycles. The third-order valence-electron chi connectivity index (χ3n) is 5.66. The number of nitrogens with one attached hydrogen (secondary N) is 1. The minimum atomic E-state index is -0.00659. The molecule has 7 heteroatoms. The van der Waals surface area contributed by atoms with E-state index in [9.17, 15) is 10.1 Å². The van der Waals surface area contributed by atoms with Crippen molar-refractivity contribution in [2.75, 3.05) is 24.5 Å². The fourth-order valence-electron chi connectivity index (χ4n) is 4.04. The second kappa shape index (κ2) is 7.47. The SMILES string of the molecule is Cc1ccccc1[C@@H]1C[C@H]1NC(=O)N1CCN(c2nccnc2C#N)C[C@H]1C. The highest BCUT2D eigenvalue weighted by Gasteiger charge is 2.41. The molecule has 1 aliphatic heterocycles. The molecule has 1 aliphatic carbocycles. The Kier molecular flexibility index (Phi) is 4.86. The number of aryl methyl sites for hydroxylation is 1. The highest BCUT2D eigenvalue weighted by molar-refractivity contribution is 5.76. The lowest BCUT2D eigenvalue weighted by Gasteiger charge is -2.40. The van der Waals surface area contributed by atoms with Gasteiger partial charge in [0, 0.05) is 50.0 Å². The van der Waals surface area contributed by atoms with E-state index in [1.165, 1.54) is 17.3 Å². The fraction of sp³-hybridized carbons (Fsp3) is 0.429. The van der Waals surface area contributed by atoms with Crippen LogP contribution in [-0.2, 0) is 0 Å². The maximum atomic E-state index is 12.8. The Balaban J connectivity index is 1.36. The molecule has 0 bridgehead atoms. The summed E-state index contributed by atoms with van der Waals surface area (Å²) in [5, 5.41) is 12.4. The van der Waals surface area contributed by atoms with Crippen LogP contribution in [-0.4, -0.2) is 52.6 Å². The molecule has 0 spiro atoms. The minimum absolute atomic E-state index is 0.00659. The average Bonchev–Trinajstić information content (AvgIpc) is 3.46. The number of rotatable bonds is 3. The second-order valence-corrected chi connectivity index (χ2v) is 7.58. The molecule has 4 rings (SSSR count). The van der Waals surface area contributed by atoms with Gasteiger partial charge >= 0.3 is 6.03 Å². The molecule has 1 aromatic heterocycles. The molecule has 7 nitrogen and oxygen atoms in total. The Morgan fingerprint density at radius 1 is 1.25 bits per heavy atom. The summed E-state index contributed by atoms with van der Waals surface area (Å²) in [5.74, 6) is 1.01. The molecule has 1 saturated heterocycles. The van der Waals surface area contributed by atoms with E-state index in [-0.39, 0.29) is 18.1 Å². The van der Waals surface area contributed by atoms with Crippen LogP contribution in [0.2, 0.25) is 0 Å². The monoisotopic (exact) mass is 376 g/mol. The number of hydrogen-bond acceptors (Lipinski definition) is 5. The van der Waals surface area contributed by atoms with E-state index in [1.807, 2.05) is 22.8 Å². The maximum Gasteiger partial charge on any atom is 0.317 e. The van der Waals surface area contributed by atoms with E-state index >= 15 is 0 Å². The highest BCUT2D eigenvalue weighted by atomic mass is 16.2. The van der Waals surface area contributed by atoms with Crippen molar-refractivity contribution >= 4 is 11.8 Å². The van der Waals surface area contributed by atoms with Gasteiger partial charge in [0.2, 0.25) is 0 Å². The van der Waals surface area contributed by atoms with Crippen molar-refractivity contribution in [1.82, 2.24) is 20.2 Å². The summed E-state index contributed by atoms with van der Waals surface area (Å²) in [5.41, 5.74) is 2.94. The fourth-order valence-corrected chi connectivity index (χ4v) is 4.04. The van der Waals surface area contributed by atoms with E-state index in [1.54, 1.807) is 6.20 Å². The van der Waals surface area contributed by atoms with E-state index in [4.69, 9.17) is 0 Å². The lowest BCUT2D eigenvalue weighted by molar-refractivity contribution is 0.170. The number of benzene rings is 1. The third-order valence-corrected chi connectivity index (χ3v) is 5.66. The second-order valence-electron chi connectivity index (χ2n) is 7.58. The van der Waals surface area contributed by atoms with Gasteiger partial charge in [0.15, 0.2) is 11.5 Å². The Labute approximate surface area is 165 Å².